The summed E-state index contributed by atoms with van der Waals surface area (Å²) in [6.07, 6.45) is -0.767. The lowest BCUT2D eigenvalue weighted by Crippen LogP contribution is -2.30. The summed E-state index contributed by atoms with van der Waals surface area (Å²) in [5, 5.41) is 5.86. The van der Waals surface area contributed by atoms with Gasteiger partial charge in [0.15, 0.2) is 6.10 Å². The SMILES string of the molecule is COc1ccc(Cl)cc1NC(=O)[C@H](C)Oc1cccc(NC(C)=O)c1. The Hall–Kier alpha value is -2.73. The predicted octanol–water partition coefficient (Wildman–Crippen LogP) is 3.71. The van der Waals surface area contributed by atoms with E-state index in [1.54, 1.807) is 49.4 Å². The van der Waals surface area contributed by atoms with E-state index in [0.29, 0.717) is 27.9 Å². The summed E-state index contributed by atoms with van der Waals surface area (Å²) in [4.78, 5) is 23.5. The Morgan fingerprint density at radius 1 is 1.12 bits per heavy atom. The predicted molar refractivity (Wildman–Crippen MR) is 97.5 cm³/mol. The zero-order valence-corrected chi connectivity index (χ0v) is 14.9. The molecule has 0 aliphatic carbocycles. The van der Waals surface area contributed by atoms with E-state index in [1.807, 2.05) is 0 Å². The van der Waals surface area contributed by atoms with Crippen LogP contribution in [0.2, 0.25) is 5.02 Å². The van der Waals surface area contributed by atoms with Gasteiger partial charge in [-0.1, -0.05) is 17.7 Å². The van der Waals surface area contributed by atoms with E-state index in [2.05, 4.69) is 10.6 Å². The van der Waals surface area contributed by atoms with Crippen LogP contribution in [0.25, 0.3) is 0 Å². The zero-order valence-electron chi connectivity index (χ0n) is 14.1. The van der Waals surface area contributed by atoms with Crippen molar-refractivity contribution in [1.29, 1.82) is 0 Å². The molecular weight excluding hydrogens is 344 g/mol. The van der Waals surface area contributed by atoms with Crippen molar-refractivity contribution in [2.75, 3.05) is 17.7 Å². The Balaban J connectivity index is 2.06. The Morgan fingerprint density at radius 2 is 1.88 bits per heavy atom. The highest BCUT2D eigenvalue weighted by Crippen LogP contribution is 2.28. The minimum absolute atomic E-state index is 0.184. The molecule has 2 amide bonds. The van der Waals surface area contributed by atoms with Gasteiger partial charge < -0.3 is 20.1 Å². The molecule has 0 saturated heterocycles. The number of hydrogen-bond donors (Lipinski definition) is 2. The highest BCUT2D eigenvalue weighted by atomic mass is 35.5. The van der Waals surface area contributed by atoms with Crippen molar-refractivity contribution in [2.24, 2.45) is 0 Å². The van der Waals surface area contributed by atoms with Crippen LogP contribution < -0.4 is 20.1 Å². The smallest absolute Gasteiger partial charge is 0.265 e. The van der Waals surface area contributed by atoms with Gasteiger partial charge in [-0.25, -0.2) is 0 Å². The molecule has 2 N–H and O–H groups in total. The quantitative estimate of drug-likeness (QED) is 0.821. The topological polar surface area (TPSA) is 76.7 Å². The molecule has 0 aliphatic rings. The second-order valence-electron chi connectivity index (χ2n) is 5.30. The Kier molecular flexibility index (Phi) is 6.25. The van der Waals surface area contributed by atoms with E-state index in [4.69, 9.17) is 21.1 Å². The van der Waals surface area contributed by atoms with Crippen LogP contribution in [-0.2, 0) is 9.59 Å². The van der Waals surface area contributed by atoms with Gasteiger partial charge in [0.25, 0.3) is 5.91 Å². The van der Waals surface area contributed by atoms with Crippen LogP contribution in [0.15, 0.2) is 42.5 Å². The first-order valence-corrected chi connectivity index (χ1v) is 7.95. The van der Waals surface area contributed by atoms with Crippen LogP contribution in [0.3, 0.4) is 0 Å². The van der Waals surface area contributed by atoms with Crippen molar-refractivity contribution >= 4 is 34.8 Å². The van der Waals surface area contributed by atoms with Gasteiger partial charge in [-0.05, 0) is 37.3 Å². The minimum atomic E-state index is -0.767. The molecule has 0 fully saturated rings. The molecule has 2 aromatic carbocycles. The molecule has 7 heteroatoms. The van der Waals surface area contributed by atoms with E-state index in [-0.39, 0.29) is 11.8 Å². The van der Waals surface area contributed by atoms with Gasteiger partial charge in [0.2, 0.25) is 5.91 Å². The second-order valence-corrected chi connectivity index (χ2v) is 5.74. The largest absolute Gasteiger partial charge is 0.495 e. The van der Waals surface area contributed by atoms with Crippen molar-refractivity contribution in [3.05, 3.63) is 47.5 Å². The van der Waals surface area contributed by atoms with Gasteiger partial charge in [0, 0.05) is 23.7 Å². The standard InChI is InChI=1S/C18H19ClN2O4/c1-11(25-15-6-4-5-14(10-15)20-12(2)22)18(23)21-16-9-13(19)7-8-17(16)24-3/h4-11H,1-3H3,(H,20,22)(H,21,23)/t11-/m0/s1. The van der Waals surface area contributed by atoms with E-state index in [0.717, 1.165) is 0 Å². The maximum atomic E-state index is 12.4. The van der Waals surface area contributed by atoms with Crippen LogP contribution in [0.4, 0.5) is 11.4 Å². The first-order chi connectivity index (χ1) is 11.9. The van der Waals surface area contributed by atoms with Crippen LogP contribution >= 0.6 is 11.6 Å². The molecular formula is C18H19ClN2O4. The van der Waals surface area contributed by atoms with E-state index in [9.17, 15) is 9.59 Å². The van der Waals surface area contributed by atoms with Gasteiger partial charge in [-0.15, -0.1) is 0 Å². The molecule has 2 rings (SSSR count). The molecule has 0 aliphatic heterocycles. The number of carbonyl (C=O) groups is 2. The van der Waals surface area contributed by atoms with E-state index < -0.39 is 6.10 Å². The number of amides is 2. The molecule has 132 valence electrons. The number of benzene rings is 2. The third kappa shape index (κ3) is 5.39. The number of methoxy groups -OCH3 is 1. The molecule has 0 unspecified atom stereocenters. The highest BCUT2D eigenvalue weighted by molar-refractivity contribution is 6.31. The van der Waals surface area contributed by atoms with Crippen molar-refractivity contribution in [1.82, 2.24) is 0 Å². The molecule has 2 aromatic rings. The molecule has 6 nitrogen and oxygen atoms in total. The zero-order chi connectivity index (χ0) is 18.4. The van der Waals surface area contributed by atoms with Gasteiger partial charge in [0.1, 0.15) is 11.5 Å². The Labute approximate surface area is 151 Å². The third-order valence-electron chi connectivity index (χ3n) is 3.26. The lowest BCUT2D eigenvalue weighted by molar-refractivity contribution is -0.122. The fraction of sp³-hybridized carbons (Fsp3) is 0.222. The number of carbonyl (C=O) groups excluding carboxylic acids is 2. The fourth-order valence-corrected chi connectivity index (χ4v) is 2.29. The average Bonchev–Trinajstić information content (AvgIpc) is 2.54. The Bertz CT molecular complexity index is 779. The average molecular weight is 363 g/mol. The molecule has 0 heterocycles. The summed E-state index contributed by atoms with van der Waals surface area (Å²) in [7, 11) is 1.51. The number of anilines is 2. The summed E-state index contributed by atoms with van der Waals surface area (Å²) < 4.78 is 10.8. The highest BCUT2D eigenvalue weighted by Gasteiger charge is 2.17. The number of hydrogen-bond acceptors (Lipinski definition) is 4. The molecule has 0 bridgehead atoms. The second kappa shape index (κ2) is 8.39. The molecule has 1 atom stereocenters. The lowest BCUT2D eigenvalue weighted by Gasteiger charge is -2.17. The first-order valence-electron chi connectivity index (χ1n) is 7.57. The van der Waals surface area contributed by atoms with E-state index in [1.165, 1.54) is 14.0 Å². The minimum Gasteiger partial charge on any atom is -0.495 e. The van der Waals surface area contributed by atoms with Crippen molar-refractivity contribution in [3.63, 3.8) is 0 Å². The summed E-state index contributed by atoms with van der Waals surface area (Å²) in [6.45, 7) is 3.04. The van der Waals surface area contributed by atoms with Crippen molar-refractivity contribution in [2.45, 2.75) is 20.0 Å². The fourth-order valence-electron chi connectivity index (χ4n) is 2.12. The number of halogens is 1. The van der Waals surface area contributed by atoms with Crippen LogP contribution in [0, 0.1) is 0 Å². The maximum absolute atomic E-state index is 12.4. The summed E-state index contributed by atoms with van der Waals surface area (Å²) in [6, 6.07) is 11.7. The molecule has 0 spiro atoms. The summed E-state index contributed by atoms with van der Waals surface area (Å²) >= 11 is 5.95. The van der Waals surface area contributed by atoms with Crippen molar-refractivity contribution in [3.8, 4) is 11.5 Å². The molecule has 0 radical (unpaired) electrons. The molecule has 25 heavy (non-hydrogen) atoms. The third-order valence-corrected chi connectivity index (χ3v) is 3.49. The van der Waals surface area contributed by atoms with Crippen molar-refractivity contribution < 1.29 is 19.1 Å². The number of rotatable bonds is 6. The van der Waals surface area contributed by atoms with Gasteiger partial charge >= 0.3 is 0 Å². The number of ether oxygens (including phenoxy) is 2. The van der Waals surface area contributed by atoms with Crippen LogP contribution in [-0.4, -0.2) is 25.0 Å². The van der Waals surface area contributed by atoms with Gasteiger partial charge in [0.05, 0.1) is 12.8 Å². The molecule has 0 saturated carbocycles. The summed E-state index contributed by atoms with van der Waals surface area (Å²) in [5.41, 5.74) is 1.05. The van der Waals surface area contributed by atoms with Crippen LogP contribution in [0.5, 0.6) is 11.5 Å². The van der Waals surface area contributed by atoms with Gasteiger partial charge in [-0.2, -0.15) is 0 Å². The normalized spacial score (nSPS) is 11.4. The lowest BCUT2D eigenvalue weighted by atomic mass is 10.2. The Morgan fingerprint density at radius 3 is 2.56 bits per heavy atom. The monoisotopic (exact) mass is 362 g/mol. The maximum Gasteiger partial charge on any atom is 0.265 e. The van der Waals surface area contributed by atoms with Gasteiger partial charge in [-0.3, -0.25) is 9.59 Å². The van der Waals surface area contributed by atoms with Crippen LogP contribution in [0.1, 0.15) is 13.8 Å². The summed E-state index contributed by atoms with van der Waals surface area (Å²) in [5.74, 6) is 0.422. The number of nitrogens with one attached hydrogen (secondary N) is 2. The molecule has 0 aromatic heterocycles. The first kappa shape index (κ1) is 18.6. The van der Waals surface area contributed by atoms with E-state index >= 15 is 0 Å².